The summed E-state index contributed by atoms with van der Waals surface area (Å²) in [6, 6.07) is 5.76. The maximum absolute atomic E-state index is 12.0. The molecular formula is C12H15N3O3. The van der Waals surface area contributed by atoms with Crippen LogP contribution in [0.25, 0.3) is 0 Å². The summed E-state index contributed by atoms with van der Waals surface area (Å²) >= 11 is 0. The first kappa shape index (κ1) is 12.2. The summed E-state index contributed by atoms with van der Waals surface area (Å²) in [6.07, 6.45) is 1.86. The van der Waals surface area contributed by atoms with E-state index in [0.717, 1.165) is 12.8 Å². The summed E-state index contributed by atoms with van der Waals surface area (Å²) in [7, 11) is 0. The van der Waals surface area contributed by atoms with E-state index in [2.05, 4.69) is 10.5 Å². The van der Waals surface area contributed by atoms with Gasteiger partial charge in [0.05, 0.1) is 11.6 Å². The maximum Gasteiger partial charge on any atom is 0.255 e. The molecular weight excluding hydrogens is 234 g/mol. The van der Waals surface area contributed by atoms with Crippen LogP contribution < -0.4 is 11.1 Å². The van der Waals surface area contributed by atoms with Gasteiger partial charge in [-0.1, -0.05) is 17.3 Å². The molecule has 5 N–H and O–H groups in total. The molecule has 0 bridgehead atoms. The third-order valence-electron chi connectivity index (χ3n) is 2.96. The second-order valence-corrected chi connectivity index (χ2v) is 4.33. The summed E-state index contributed by atoms with van der Waals surface area (Å²) < 4.78 is 0. The molecule has 2 rings (SSSR count). The molecule has 0 saturated heterocycles. The quantitative estimate of drug-likeness (QED) is 0.272. The molecule has 1 aromatic carbocycles. The number of nitrogens with one attached hydrogen (secondary N) is 1. The highest BCUT2D eigenvalue weighted by Crippen LogP contribution is 2.33. The van der Waals surface area contributed by atoms with E-state index in [-0.39, 0.29) is 23.1 Å². The van der Waals surface area contributed by atoms with Crippen molar-refractivity contribution in [1.82, 2.24) is 5.32 Å². The van der Waals surface area contributed by atoms with Crippen molar-refractivity contribution in [3.05, 3.63) is 29.8 Å². The predicted molar refractivity (Wildman–Crippen MR) is 65.5 cm³/mol. The lowest BCUT2D eigenvalue weighted by atomic mass is 10.1. The van der Waals surface area contributed by atoms with Gasteiger partial charge in [-0.15, -0.1) is 0 Å². The standard InChI is InChI=1S/C12H15N3O3/c13-11(15-18)10(7-5-6-7)14-12(17)8-3-1-2-4-9(8)16/h1-4,7,10,16,18H,5-6H2,(H2,13,15)(H,14,17). The molecule has 1 aliphatic carbocycles. The Hall–Kier alpha value is -2.24. The van der Waals surface area contributed by atoms with Crippen molar-refractivity contribution < 1.29 is 15.1 Å². The largest absolute Gasteiger partial charge is 0.507 e. The van der Waals surface area contributed by atoms with Gasteiger partial charge in [0, 0.05) is 0 Å². The predicted octanol–water partition coefficient (Wildman–Crippen LogP) is 0.647. The monoisotopic (exact) mass is 249 g/mol. The van der Waals surface area contributed by atoms with Crippen LogP contribution in [0.15, 0.2) is 29.4 Å². The van der Waals surface area contributed by atoms with Crippen LogP contribution >= 0.6 is 0 Å². The number of rotatable bonds is 4. The smallest absolute Gasteiger partial charge is 0.255 e. The van der Waals surface area contributed by atoms with Gasteiger partial charge in [-0.25, -0.2) is 0 Å². The van der Waals surface area contributed by atoms with Crippen molar-refractivity contribution in [2.75, 3.05) is 0 Å². The first-order valence-electron chi connectivity index (χ1n) is 5.69. The zero-order valence-electron chi connectivity index (χ0n) is 9.71. The number of nitrogens with zero attached hydrogens (tertiary/aromatic N) is 1. The molecule has 6 heteroatoms. The number of benzene rings is 1. The number of amides is 1. The molecule has 96 valence electrons. The van der Waals surface area contributed by atoms with E-state index in [9.17, 15) is 9.90 Å². The molecule has 1 aliphatic rings. The average Bonchev–Trinajstić information content (AvgIpc) is 3.19. The van der Waals surface area contributed by atoms with Gasteiger partial charge in [-0.05, 0) is 30.9 Å². The van der Waals surface area contributed by atoms with Crippen LogP contribution in [0.2, 0.25) is 0 Å². The van der Waals surface area contributed by atoms with E-state index in [1.165, 1.54) is 12.1 Å². The van der Waals surface area contributed by atoms with Gasteiger partial charge >= 0.3 is 0 Å². The van der Waals surface area contributed by atoms with Crippen molar-refractivity contribution in [3.63, 3.8) is 0 Å². The van der Waals surface area contributed by atoms with Crippen LogP contribution in [0.5, 0.6) is 5.75 Å². The third-order valence-corrected chi connectivity index (χ3v) is 2.96. The zero-order chi connectivity index (χ0) is 13.1. The molecule has 1 fully saturated rings. The molecule has 1 unspecified atom stereocenters. The Labute approximate surface area is 104 Å². The Balaban J connectivity index is 2.12. The molecule has 1 aromatic rings. The molecule has 1 amide bonds. The summed E-state index contributed by atoms with van der Waals surface area (Å²) in [6.45, 7) is 0. The number of oxime groups is 1. The second-order valence-electron chi connectivity index (χ2n) is 4.33. The maximum atomic E-state index is 12.0. The first-order valence-corrected chi connectivity index (χ1v) is 5.69. The van der Waals surface area contributed by atoms with Gasteiger partial charge in [-0.3, -0.25) is 4.79 Å². The van der Waals surface area contributed by atoms with Crippen LogP contribution in [0, 0.1) is 5.92 Å². The van der Waals surface area contributed by atoms with Crippen molar-refractivity contribution in [1.29, 1.82) is 0 Å². The number of phenolic OH excluding ortho intramolecular Hbond substituents is 1. The SMILES string of the molecule is NC(=NO)C(NC(=O)c1ccccc1O)C1CC1. The van der Waals surface area contributed by atoms with Gasteiger partial charge < -0.3 is 21.4 Å². The van der Waals surface area contributed by atoms with E-state index in [1.807, 2.05) is 0 Å². The number of nitrogens with two attached hydrogens (primary N) is 1. The van der Waals surface area contributed by atoms with Crippen molar-refractivity contribution in [2.24, 2.45) is 16.8 Å². The highest BCUT2D eigenvalue weighted by molar-refractivity contribution is 6.00. The van der Waals surface area contributed by atoms with Crippen LogP contribution in [-0.2, 0) is 0 Å². The summed E-state index contributed by atoms with van der Waals surface area (Å²) in [5, 5.41) is 23.9. The zero-order valence-corrected chi connectivity index (χ0v) is 9.71. The lowest BCUT2D eigenvalue weighted by Crippen LogP contribution is -2.46. The van der Waals surface area contributed by atoms with Crippen LogP contribution in [0.1, 0.15) is 23.2 Å². The van der Waals surface area contributed by atoms with Crippen LogP contribution in [0.3, 0.4) is 0 Å². The highest BCUT2D eigenvalue weighted by atomic mass is 16.4. The van der Waals surface area contributed by atoms with Gasteiger partial charge in [0.15, 0.2) is 5.84 Å². The molecule has 0 aromatic heterocycles. The van der Waals surface area contributed by atoms with Crippen molar-refractivity contribution >= 4 is 11.7 Å². The molecule has 0 aliphatic heterocycles. The molecule has 1 atom stereocenters. The fourth-order valence-corrected chi connectivity index (χ4v) is 1.81. The van der Waals surface area contributed by atoms with Gasteiger partial charge in [0.25, 0.3) is 5.91 Å². The number of phenols is 1. The lowest BCUT2D eigenvalue weighted by Gasteiger charge is -2.16. The molecule has 0 heterocycles. The molecule has 6 nitrogen and oxygen atoms in total. The Morgan fingerprint density at radius 2 is 2.11 bits per heavy atom. The molecule has 1 saturated carbocycles. The van der Waals surface area contributed by atoms with Gasteiger partial charge in [0.2, 0.25) is 0 Å². The van der Waals surface area contributed by atoms with E-state index < -0.39 is 11.9 Å². The van der Waals surface area contributed by atoms with Gasteiger partial charge in [-0.2, -0.15) is 0 Å². The van der Waals surface area contributed by atoms with E-state index in [0.29, 0.717) is 0 Å². The topological polar surface area (TPSA) is 108 Å². The number of carbonyl (C=O) groups excluding carboxylic acids is 1. The minimum Gasteiger partial charge on any atom is -0.507 e. The van der Waals surface area contributed by atoms with E-state index in [4.69, 9.17) is 10.9 Å². The number of amidine groups is 1. The van der Waals surface area contributed by atoms with E-state index in [1.54, 1.807) is 12.1 Å². The Morgan fingerprint density at radius 1 is 1.44 bits per heavy atom. The van der Waals surface area contributed by atoms with Crippen molar-refractivity contribution in [2.45, 2.75) is 18.9 Å². The molecule has 0 spiro atoms. The van der Waals surface area contributed by atoms with Crippen LogP contribution in [-0.4, -0.2) is 28.1 Å². The highest BCUT2D eigenvalue weighted by Gasteiger charge is 2.35. The summed E-state index contributed by atoms with van der Waals surface area (Å²) in [5.41, 5.74) is 5.72. The molecule has 0 radical (unpaired) electrons. The normalized spacial score (nSPS) is 17.2. The lowest BCUT2D eigenvalue weighted by molar-refractivity contribution is 0.0940. The molecule has 18 heavy (non-hydrogen) atoms. The Bertz CT molecular complexity index is 483. The first-order chi connectivity index (χ1) is 8.63. The van der Waals surface area contributed by atoms with Crippen LogP contribution in [0.4, 0.5) is 0 Å². The minimum atomic E-state index is -0.484. The van der Waals surface area contributed by atoms with Gasteiger partial charge in [0.1, 0.15) is 5.75 Å². The minimum absolute atomic E-state index is 0.0127. The second kappa shape index (κ2) is 4.95. The van der Waals surface area contributed by atoms with E-state index >= 15 is 0 Å². The number of aromatic hydroxyl groups is 1. The summed E-state index contributed by atoms with van der Waals surface area (Å²) in [4.78, 5) is 12.0. The Kier molecular flexibility index (Phi) is 3.36. The number of carbonyl (C=O) groups is 1. The fourth-order valence-electron chi connectivity index (χ4n) is 1.81. The number of hydrogen-bond donors (Lipinski definition) is 4. The number of hydrogen-bond acceptors (Lipinski definition) is 4. The Morgan fingerprint density at radius 3 is 2.67 bits per heavy atom. The fraction of sp³-hybridized carbons (Fsp3) is 0.333. The number of para-hydroxylation sites is 1. The third kappa shape index (κ3) is 2.53. The average molecular weight is 249 g/mol. The summed E-state index contributed by atoms with van der Waals surface area (Å²) in [5.74, 6) is -0.336. The van der Waals surface area contributed by atoms with Crippen molar-refractivity contribution in [3.8, 4) is 5.75 Å².